The van der Waals surface area contributed by atoms with Crippen LogP contribution in [0.2, 0.25) is 0 Å². The maximum absolute atomic E-state index is 13.1. The molecule has 1 atom stereocenters. The fourth-order valence-electron chi connectivity index (χ4n) is 3.84. The molecular formula is C25H24N2O3. The number of ether oxygens (including phenoxy) is 1. The van der Waals surface area contributed by atoms with Gasteiger partial charge in [0.1, 0.15) is 5.75 Å². The molecule has 2 amide bonds. The molecule has 0 radical (unpaired) electrons. The summed E-state index contributed by atoms with van der Waals surface area (Å²) in [6, 6.07) is 22.5. The van der Waals surface area contributed by atoms with E-state index in [1.165, 1.54) is 0 Å². The number of anilines is 1. The lowest BCUT2D eigenvalue weighted by Gasteiger charge is -2.23. The highest BCUT2D eigenvalue weighted by molar-refractivity contribution is 6.07. The van der Waals surface area contributed by atoms with Crippen molar-refractivity contribution in [2.75, 3.05) is 12.0 Å². The maximum Gasteiger partial charge on any atom is 0.258 e. The highest BCUT2D eigenvalue weighted by atomic mass is 16.5. The predicted molar refractivity (Wildman–Crippen MR) is 117 cm³/mol. The lowest BCUT2D eigenvalue weighted by Crippen LogP contribution is -2.35. The molecule has 0 saturated carbocycles. The van der Waals surface area contributed by atoms with Crippen molar-refractivity contribution < 1.29 is 14.3 Å². The molecule has 0 aromatic heterocycles. The first-order valence-electron chi connectivity index (χ1n) is 9.99. The van der Waals surface area contributed by atoms with E-state index in [9.17, 15) is 9.59 Å². The van der Waals surface area contributed by atoms with Gasteiger partial charge >= 0.3 is 0 Å². The second-order valence-electron chi connectivity index (χ2n) is 7.47. The molecule has 5 heteroatoms. The van der Waals surface area contributed by atoms with Gasteiger partial charge < -0.3 is 15.0 Å². The quantitative estimate of drug-likeness (QED) is 0.698. The number of amides is 2. The van der Waals surface area contributed by atoms with E-state index >= 15 is 0 Å². The first kappa shape index (κ1) is 19.7. The van der Waals surface area contributed by atoms with Crippen molar-refractivity contribution in [1.82, 2.24) is 5.32 Å². The van der Waals surface area contributed by atoms with Gasteiger partial charge in [0, 0.05) is 29.4 Å². The van der Waals surface area contributed by atoms with E-state index in [1.54, 1.807) is 31.4 Å². The summed E-state index contributed by atoms with van der Waals surface area (Å²) in [5, 5.41) is 2.95. The fourth-order valence-corrected chi connectivity index (χ4v) is 3.84. The van der Waals surface area contributed by atoms with Crippen molar-refractivity contribution >= 4 is 17.5 Å². The summed E-state index contributed by atoms with van der Waals surface area (Å²) >= 11 is 0. The van der Waals surface area contributed by atoms with E-state index in [1.807, 2.05) is 47.4 Å². The van der Waals surface area contributed by atoms with Crippen molar-refractivity contribution in [3.05, 3.63) is 95.1 Å². The van der Waals surface area contributed by atoms with Gasteiger partial charge in [-0.25, -0.2) is 0 Å². The van der Waals surface area contributed by atoms with E-state index in [4.69, 9.17) is 4.74 Å². The maximum atomic E-state index is 13.1. The molecule has 152 valence electrons. The summed E-state index contributed by atoms with van der Waals surface area (Å²) in [7, 11) is 1.57. The van der Waals surface area contributed by atoms with Gasteiger partial charge in [0.15, 0.2) is 0 Å². The molecule has 4 rings (SSSR count). The molecule has 3 aromatic rings. The van der Waals surface area contributed by atoms with Crippen molar-refractivity contribution in [1.29, 1.82) is 0 Å². The van der Waals surface area contributed by atoms with E-state index in [2.05, 4.69) is 18.3 Å². The second-order valence-corrected chi connectivity index (χ2v) is 7.47. The number of nitrogens with one attached hydrogen (secondary N) is 1. The van der Waals surface area contributed by atoms with Crippen LogP contribution in [0.3, 0.4) is 0 Å². The molecule has 0 saturated heterocycles. The van der Waals surface area contributed by atoms with Gasteiger partial charge in [-0.1, -0.05) is 36.4 Å². The van der Waals surface area contributed by atoms with Gasteiger partial charge in [-0.2, -0.15) is 0 Å². The smallest absolute Gasteiger partial charge is 0.258 e. The first-order chi connectivity index (χ1) is 14.6. The van der Waals surface area contributed by atoms with E-state index < -0.39 is 0 Å². The number of carbonyl (C=O) groups is 2. The lowest BCUT2D eigenvalue weighted by molar-refractivity contribution is 0.0948. The van der Waals surface area contributed by atoms with Crippen LogP contribution in [-0.2, 0) is 13.0 Å². The zero-order chi connectivity index (χ0) is 21.1. The number of benzene rings is 3. The molecule has 0 aliphatic carbocycles. The van der Waals surface area contributed by atoms with Crippen LogP contribution >= 0.6 is 0 Å². The Bertz CT molecular complexity index is 1080. The molecule has 3 aromatic carbocycles. The van der Waals surface area contributed by atoms with Crippen LogP contribution < -0.4 is 15.0 Å². The summed E-state index contributed by atoms with van der Waals surface area (Å²) in [6.45, 7) is 2.44. The minimum atomic E-state index is -0.167. The van der Waals surface area contributed by atoms with Crippen LogP contribution in [0.1, 0.15) is 38.8 Å². The number of carbonyl (C=O) groups excluding carboxylic acids is 2. The monoisotopic (exact) mass is 400 g/mol. The highest BCUT2D eigenvalue weighted by Crippen LogP contribution is 2.34. The SMILES string of the molecule is COc1cccc(C(=O)NCc2ccc3c(c2)N(C(=O)c2ccccc2)C(C)C3)c1. The van der Waals surface area contributed by atoms with Gasteiger partial charge in [0.25, 0.3) is 11.8 Å². The van der Waals surface area contributed by atoms with Crippen LogP contribution in [0.5, 0.6) is 5.75 Å². The van der Waals surface area contributed by atoms with Crippen molar-refractivity contribution in [3.63, 3.8) is 0 Å². The van der Waals surface area contributed by atoms with E-state index in [-0.39, 0.29) is 17.9 Å². The molecular weight excluding hydrogens is 376 g/mol. The molecule has 1 aliphatic rings. The Morgan fingerprint density at radius 1 is 1.00 bits per heavy atom. The third kappa shape index (κ3) is 3.92. The summed E-state index contributed by atoms with van der Waals surface area (Å²) in [5.41, 5.74) is 4.24. The fraction of sp³-hybridized carbons (Fsp3) is 0.200. The molecule has 0 bridgehead atoms. The van der Waals surface area contributed by atoms with Gasteiger partial charge in [-0.15, -0.1) is 0 Å². The van der Waals surface area contributed by atoms with Gasteiger partial charge in [-0.05, 0) is 60.9 Å². The molecule has 1 heterocycles. The van der Waals surface area contributed by atoms with Crippen LogP contribution in [0.25, 0.3) is 0 Å². The minimum Gasteiger partial charge on any atom is -0.497 e. The molecule has 0 fully saturated rings. The summed E-state index contributed by atoms with van der Waals surface area (Å²) in [4.78, 5) is 27.4. The normalized spacial score (nSPS) is 14.9. The second kappa shape index (κ2) is 8.41. The zero-order valence-corrected chi connectivity index (χ0v) is 17.1. The molecule has 5 nitrogen and oxygen atoms in total. The lowest BCUT2D eigenvalue weighted by atomic mass is 10.1. The van der Waals surface area contributed by atoms with E-state index in [0.717, 1.165) is 23.2 Å². The van der Waals surface area contributed by atoms with Gasteiger partial charge in [-0.3, -0.25) is 9.59 Å². The number of methoxy groups -OCH3 is 1. The van der Waals surface area contributed by atoms with Crippen LogP contribution in [0.15, 0.2) is 72.8 Å². The molecule has 30 heavy (non-hydrogen) atoms. The standard InChI is InChI=1S/C25H24N2O3/c1-17-13-20-12-11-18(16-26-24(28)21-9-6-10-22(15-21)30-2)14-23(20)27(17)25(29)19-7-4-3-5-8-19/h3-12,14-15,17H,13,16H2,1-2H3,(H,26,28). The summed E-state index contributed by atoms with van der Waals surface area (Å²) < 4.78 is 5.18. The third-order valence-corrected chi connectivity index (χ3v) is 5.39. The van der Waals surface area contributed by atoms with Gasteiger partial charge in [0.2, 0.25) is 0 Å². The van der Waals surface area contributed by atoms with Crippen LogP contribution in [-0.4, -0.2) is 25.0 Å². The Morgan fingerprint density at radius 3 is 2.53 bits per heavy atom. The topological polar surface area (TPSA) is 58.6 Å². The molecule has 1 unspecified atom stereocenters. The highest BCUT2D eigenvalue weighted by Gasteiger charge is 2.31. The van der Waals surface area contributed by atoms with Crippen molar-refractivity contribution in [3.8, 4) is 5.75 Å². The first-order valence-corrected chi connectivity index (χ1v) is 9.99. The van der Waals surface area contributed by atoms with E-state index in [0.29, 0.717) is 23.4 Å². The average Bonchev–Trinajstić information content (AvgIpc) is 3.12. The zero-order valence-electron chi connectivity index (χ0n) is 17.1. The van der Waals surface area contributed by atoms with Crippen molar-refractivity contribution in [2.24, 2.45) is 0 Å². The Labute approximate surface area is 176 Å². The average molecular weight is 400 g/mol. The molecule has 1 aliphatic heterocycles. The number of nitrogens with zero attached hydrogens (tertiary/aromatic N) is 1. The summed E-state index contributed by atoms with van der Waals surface area (Å²) in [6.07, 6.45) is 0.824. The van der Waals surface area contributed by atoms with Gasteiger partial charge in [0.05, 0.1) is 7.11 Å². The number of rotatable bonds is 5. The minimum absolute atomic E-state index is 0.000541. The van der Waals surface area contributed by atoms with Crippen molar-refractivity contribution in [2.45, 2.75) is 25.9 Å². The Kier molecular flexibility index (Phi) is 5.53. The predicted octanol–water partition coefficient (Wildman–Crippen LogP) is 4.22. The largest absolute Gasteiger partial charge is 0.497 e. The van der Waals surface area contributed by atoms with Crippen LogP contribution in [0.4, 0.5) is 5.69 Å². The molecule has 1 N–H and O–H groups in total. The third-order valence-electron chi connectivity index (χ3n) is 5.39. The Balaban J connectivity index is 1.51. The number of hydrogen-bond donors (Lipinski definition) is 1. The van der Waals surface area contributed by atoms with Crippen LogP contribution in [0, 0.1) is 0 Å². The number of fused-ring (bicyclic) bond motifs is 1. The number of hydrogen-bond acceptors (Lipinski definition) is 3. The Hall–Kier alpha value is -3.60. The molecule has 0 spiro atoms. The summed E-state index contributed by atoms with van der Waals surface area (Å²) in [5.74, 6) is 0.476. The Morgan fingerprint density at radius 2 is 1.77 bits per heavy atom.